The number of pyridine rings is 1. The molecular formula is C42H45NO6SSi. The lowest BCUT2D eigenvalue weighted by Crippen LogP contribution is -2.66. The van der Waals surface area contributed by atoms with E-state index in [1.54, 1.807) is 12.3 Å². The molecule has 0 saturated carbocycles. The Labute approximate surface area is 301 Å². The minimum atomic E-state index is -3.78. The van der Waals surface area contributed by atoms with Gasteiger partial charge in [-0.1, -0.05) is 118 Å². The maximum Gasteiger partial charge on any atom is 0.261 e. The number of hydrogen-bond acceptors (Lipinski definition) is 7. The van der Waals surface area contributed by atoms with E-state index in [1.807, 2.05) is 91.0 Å². The number of aliphatic hydroxyl groups is 2. The fourth-order valence-corrected chi connectivity index (χ4v) is 13.9. The predicted octanol–water partition coefficient (Wildman–Crippen LogP) is 6.28. The molecule has 7 nitrogen and oxygen atoms in total. The first kappa shape index (κ1) is 36.4. The summed E-state index contributed by atoms with van der Waals surface area (Å²) in [6.07, 6.45) is 3.14. The molecule has 2 atom stereocenters. The summed E-state index contributed by atoms with van der Waals surface area (Å²) in [6.45, 7) is 5.87. The number of fused-ring (bicyclic) bond motifs is 1. The van der Waals surface area contributed by atoms with Crippen LogP contribution in [0.5, 0.6) is 5.75 Å². The van der Waals surface area contributed by atoms with E-state index >= 15 is 0 Å². The van der Waals surface area contributed by atoms with Crippen LogP contribution in [-0.2, 0) is 14.3 Å². The number of aromatic nitrogens is 1. The molecular weight excluding hydrogens is 675 g/mol. The summed E-state index contributed by atoms with van der Waals surface area (Å²) in [5.41, 5.74) is 3.28. The van der Waals surface area contributed by atoms with Gasteiger partial charge in [0, 0.05) is 11.6 Å². The lowest BCUT2D eigenvalue weighted by atomic mass is 9.93. The lowest BCUT2D eigenvalue weighted by molar-refractivity contribution is 0.188. The first-order chi connectivity index (χ1) is 24.5. The number of allylic oxidation sites excluding steroid dienone is 1. The summed E-state index contributed by atoms with van der Waals surface area (Å²) in [4.78, 5) is 4.59. The number of rotatable bonds is 12. The lowest BCUT2D eigenvalue weighted by Gasteiger charge is -2.43. The zero-order valence-electron chi connectivity index (χ0n) is 29.2. The van der Waals surface area contributed by atoms with E-state index in [2.05, 4.69) is 50.0 Å². The van der Waals surface area contributed by atoms with Crippen molar-refractivity contribution in [3.05, 3.63) is 144 Å². The standard InChI is InChI=1S/C42H45NO6SSi/c1-42(2,3)51(33-14-6-4-7-15-33,34-16-8-5-9-17-34)49-28-32-29-50(47,48)40(27-44)41(32)39(46)24-22-31(37-20-12-13-25-43-37)26-30-21-23-38(45)36-19-11-10-18-35(30)36/h4-21,23,25-26,39-40,44-46H,22,24,27-29H2,1-3H3/b31-26-/t39-,40+/m1/s1. The Balaban J connectivity index is 1.37. The summed E-state index contributed by atoms with van der Waals surface area (Å²) in [7, 11) is -6.80. The average Bonchev–Trinajstić information content (AvgIpc) is 3.40. The van der Waals surface area contributed by atoms with Crippen LogP contribution >= 0.6 is 0 Å². The van der Waals surface area contributed by atoms with E-state index in [9.17, 15) is 23.7 Å². The molecule has 51 heavy (non-hydrogen) atoms. The van der Waals surface area contributed by atoms with Gasteiger partial charge in [-0.3, -0.25) is 4.98 Å². The van der Waals surface area contributed by atoms with Crippen LogP contribution in [0.2, 0.25) is 5.04 Å². The SMILES string of the molecule is CC(C)(C)[Si](OCC1=C([C@H](O)CC/C(=C/c2ccc(O)c3ccccc23)c2ccccn2)[C@H](CO)S(=O)(=O)C1)(c1ccccc1)c1ccccc1. The van der Waals surface area contributed by atoms with Crippen molar-refractivity contribution in [3.63, 3.8) is 0 Å². The van der Waals surface area contributed by atoms with Crippen molar-refractivity contribution in [2.75, 3.05) is 19.0 Å². The van der Waals surface area contributed by atoms with Gasteiger partial charge in [0.05, 0.1) is 30.8 Å². The Hall–Kier alpha value is -4.38. The third kappa shape index (κ3) is 7.36. The third-order valence-corrected chi connectivity index (χ3v) is 16.9. The van der Waals surface area contributed by atoms with E-state index in [1.165, 1.54) is 0 Å². The van der Waals surface area contributed by atoms with Crippen LogP contribution in [0.25, 0.3) is 22.4 Å². The molecule has 1 aliphatic heterocycles. The molecule has 2 heterocycles. The van der Waals surface area contributed by atoms with Crippen molar-refractivity contribution in [2.45, 2.75) is 50.0 Å². The maximum atomic E-state index is 13.5. The van der Waals surface area contributed by atoms with Gasteiger partial charge in [0.25, 0.3) is 8.32 Å². The fraction of sp³-hybridized carbons (Fsp3) is 0.262. The van der Waals surface area contributed by atoms with Gasteiger partial charge in [-0.05, 0) is 80.2 Å². The molecule has 3 N–H and O–H groups in total. The Morgan fingerprint density at radius 2 is 1.49 bits per heavy atom. The molecule has 1 aromatic heterocycles. The molecule has 0 fully saturated rings. The molecule has 0 unspecified atom stereocenters. The van der Waals surface area contributed by atoms with E-state index in [0.717, 1.165) is 38.0 Å². The Kier molecular flexibility index (Phi) is 10.8. The maximum absolute atomic E-state index is 13.5. The van der Waals surface area contributed by atoms with Crippen LogP contribution in [0.15, 0.2) is 133 Å². The van der Waals surface area contributed by atoms with Gasteiger partial charge in [-0.15, -0.1) is 0 Å². The fourth-order valence-electron chi connectivity index (χ4n) is 7.49. The van der Waals surface area contributed by atoms with Crippen molar-refractivity contribution in [3.8, 4) is 5.75 Å². The predicted molar refractivity (Wildman–Crippen MR) is 208 cm³/mol. The van der Waals surface area contributed by atoms with Crippen molar-refractivity contribution in [2.24, 2.45) is 0 Å². The highest BCUT2D eigenvalue weighted by Gasteiger charge is 2.51. The van der Waals surface area contributed by atoms with E-state index < -0.39 is 36.1 Å². The van der Waals surface area contributed by atoms with Crippen LogP contribution in [-0.4, -0.2) is 67.4 Å². The van der Waals surface area contributed by atoms with E-state index in [-0.39, 0.29) is 29.6 Å². The molecule has 1 aliphatic rings. The first-order valence-corrected chi connectivity index (χ1v) is 20.9. The molecule has 264 valence electrons. The van der Waals surface area contributed by atoms with Crippen molar-refractivity contribution in [1.29, 1.82) is 0 Å². The second-order valence-corrected chi connectivity index (χ2v) is 20.6. The van der Waals surface area contributed by atoms with Gasteiger partial charge in [0.15, 0.2) is 9.84 Å². The minimum absolute atomic E-state index is 0.0117. The van der Waals surface area contributed by atoms with Crippen molar-refractivity contribution in [1.82, 2.24) is 4.98 Å². The van der Waals surface area contributed by atoms with Crippen molar-refractivity contribution < 1.29 is 28.2 Å². The Morgan fingerprint density at radius 3 is 2.08 bits per heavy atom. The number of benzene rings is 4. The average molecular weight is 720 g/mol. The van der Waals surface area contributed by atoms with E-state index in [0.29, 0.717) is 17.6 Å². The summed E-state index contributed by atoms with van der Waals surface area (Å²) >= 11 is 0. The van der Waals surface area contributed by atoms with E-state index in [4.69, 9.17) is 4.43 Å². The smallest absolute Gasteiger partial charge is 0.261 e. The molecule has 0 spiro atoms. The van der Waals surface area contributed by atoms with Crippen LogP contribution in [0.4, 0.5) is 0 Å². The number of phenolic OH excluding ortho intramolecular Hbond substituents is 1. The van der Waals surface area contributed by atoms with Crippen LogP contribution in [0.3, 0.4) is 0 Å². The van der Waals surface area contributed by atoms with Crippen LogP contribution in [0.1, 0.15) is 44.9 Å². The quantitative estimate of drug-likeness (QED) is 0.103. The molecule has 0 saturated heterocycles. The second-order valence-electron chi connectivity index (χ2n) is 14.1. The normalized spacial score (nSPS) is 17.2. The van der Waals surface area contributed by atoms with Gasteiger partial charge in [-0.25, -0.2) is 8.42 Å². The van der Waals surface area contributed by atoms with Gasteiger partial charge in [0.1, 0.15) is 11.0 Å². The number of phenols is 1. The Morgan fingerprint density at radius 1 is 0.882 bits per heavy atom. The highest BCUT2D eigenvalue weighted by molar-refractivity contribution is 7.92. The largest absolute Gasteiger partial charge is 0.507 e. The summed E-state index contributed by atoms with van der Waals surface area (Å²) in [5, 5.41) is 35.0. The second kappa shape index (κ2) is 15.1. The number of nitrogens with zero attached hydrogens (tertiary/aromatic N) is 1. The molecule has 9 heteroatoms. The summed E-state index contributed by atoms with van der Waals surface area (Å²) in [5.74, 6) is -0.0968. The zero-order chi connectivity index (χ0) is 36.2. The number of hydrogen-bond donors (Lipinski definition) is 3. The summed E-state index contributed by atoms with van der Waals surface area (Å²) in [6, 6.07) is 37.0. The number of aromatic hydroxyl groups is 1. The molecule has 0 radical (unpaired) electrons. The molecule has 4 aromatic carbocycles. The van der Waals surface area contributed by atoms with Gasteiger partial charge in [0.2, 0.25) is 0 Å². The number of aliphatic hydroxyl groups excluding tert-OH is 2. The number of sulfone groups is 1. The molecule has 5 aromatic rings. The molecule has 0 bridgehead atoms. The Bertz CT molecular complexity index is 2110. The van der Waals surface area contributed by atoms with Crippen molar-refractivity contribution >= 4 is 50.9 Å². The molecule has 0 aliphatic carbocycles. The minimum Gasteiger partial charge on any atom is -0.507 e. The highest BCUT2D eigenvalue weighted by Crippen LogP contribution is 2.39. The first-order valence-electron chi connectivity index (χ1n) is 17.3. The van der Waals surface area contributed by atoms with Gasteiger partial charge < -0.3 is 19.7 Å². The topological polar surface area (TPSA) is 117 Å². The highest BCUT2D eigenvalue weighted by atomic mass is 32.2. The van der Waals surface area contributed by atoms with Gasteiger partial charge >= 0.3 is 0 Å². The van der Waals surface area contributed by atoms with Crippen LogP contribution < -0.4 is 10.4 Å². The van der Waals surface area contributed by atoms with Gasteiger partial charge in [-0.2, -0.15) is 0 Å². The van der Waals surface area contributed by atoms with Crippen LogP contribution in [0, 0.1) is 0 Å². The summed E-state index contributed by atoms with van der Waals surface area (Å²) < 4.78 is 34.2. The zero-order valence-corrected chi connectivity index (χ0v) is 31.1. The molecule has 6 rings (SSSR count). The molecule has 0 amide bonds. The monoisotopic (exact) mass is 719 g/mol. The third-order valence-electron chi connectivity index (χ3n) is 9.91.